The van der Waals surface area contributed by atoms with E-state index in [1.165, 1.54) is 17.7 Å². The van der Waals surface area contributed by atoms with Gasteiger partial charge in [0, 0.05) is 6.54 Å². The maximum atomic E-state index is 12.1. The Hall–Kier alpha value is -2.87. The van der Waals surface area contributed by atoms with Crippen molar-refractivity contribution in [2.45, 2.75) is 20.4 Å². The lowest BCUT2D eigenvalue weighted by molar-refractivity contribution is 0.0531. The highest BCUT2D eigenvalue weighted by Gasteiger charge is 2.20. The maximum absolute atomic E-state index is 12.1. The fraction of sp³-hybridized carbons (Fsp3) is 0.278. The van der Waals surface area contributed by atoms with Crippen LogP contribution in [0.25, 0.3) is 10.2 Å². The Balaban J connectivity index is 1.61. The molecule has 2 aromatic heterocycles. The summed E-state index contributed by atoms with van der Waals surface area (Å²) in [6.45, 7) is 4.84. The Labute approximate surface area is 153 Å². The Morgan fingerprint density at radius 3 is 3.00 bits per heavy atom. The van der Waals surface area contributed by atoms with Crippen LogP contribution in [0.3, 0.4) is 0 Å². The van der Waals surface area contributed by atoms with Crippen LogP contribution in [0, 0.1) is 6.92 Å². The van der Waals surface area contributed by atoms with Crippen molar-refractivity contribution >= 4 is 33.3 Å². The van der Waals surface area contributed by atoms with Gasteiger partial charge in [-0.25, -0.2) is 14.8 Å². The number of rotatable bonds is 5. The summed E-state index contributed by atoms with van der Waals surface area (Å²) in [4.78, 5) is 22.1. The van der Waals surface area contributed by atoms with Crippen molar-refractivity contribution < 1.29 is 19.0 Å². The zero-order valence-corrected chi connectivity index (χ0v) is 15.2. The second-order valence-electron chi connectivity index (χ2n) is 5.72. The Morgan fingerprint density at radius 2 is 2.15 bits per heavy atom. The highest BCUT2D eigenvalue weighted by Crippen LogP contribution is 2.35. The van der Waals surface area contributed by atoms with Gasteiger partial charge in [0.25, 0.3) is 0 Å². The molecule has 0 spiro atoms. The molecule has 0 unspecified atom stereocenters. The second kappa shape index (κ2) is 6.80. The lowest BCUT2D eigenvalue weighted by Crippen LogP contribution is -2.04. The monoisotopic (exact) mass is 371 g/mol. The topological polar surface area (TPSA) is 82.6 Å². The summed E-state index contributed by atoms with van der Waals surface area (Å²) in [5.41, 5.74) is 1.87. The zero-order valence-electron chi connectivity index (χ0n) is 14.4. The summed E-state index contributed by atoms with van der Waals surface area (Å²) in [7, 11) is 0. The molecule has 134 valence electrons. The first kappa shape index (κ1) is 16.6. The third kappa shape index (κ3) is 2.92. The van der Waals surface area contributed by atoms with Crippen LogP contribution in [0.4, 0.5) is 5.82 Å². The molecule has 4 rings (SSSR count). The van der Waals surface area contributed by atoms with Crippen LogP contribution in [0.5, 0.6) is 11.5 Å². The number of carbonyl (C=O) groups is 1. The van der Waals surface area contributed by atoms with E-state index in [0.29, 0.717) is 23.8 Å². The molecule has 1 aromatic carbocycles. The summed E-state index contributed by atoms with van der Waals surface area (Å²) in [5, 5.41) is 4.18. The quantitative estimate of drug-likeness (QED) is 0.687. The van der Waals surface area contributed by atoms with Crippen molar-refractivity contribution in [3.8, 4) is 11.5 Å². The van der Waals surface area contributed by atoms with E-state index < -0.39 is 0 Å². The van der Waals surface area contributed by atoms with Gasteiger partial charge < -0.3 is 19.5 Å². The molecule has 3 heterocycles. The first-order valence-corrected chi connectivity index (χ1v) is 9.02. The van der Waals surface area contributed by atoms with Crippen molar-refractivity contribution in [2.75, 3.05) is 18.7 Å². The molecule has 7 nitrogen and oxygen atoms in total. The first-order valence-electron chi connectivity index (χ1n) is 8.21. The third-order valence-electron chi connectivity index (χ3n) is 4.08. The Kier molecular flexibility index (Phi) is 4.34. The van der Waals surface area contributed by atoms with Gasteiger partial charge in [0.15, 0.2) is 11.5 Å². The molecular formula is C18H17N3O4S. The average molecular weight is 371 g/mol. The van der Waals surface area contributed by atoms with Gasteiger partial charge in [-0.15, -0.1) is 11.3 Å². The molecule has 3 aromatic rings. The highest BCUT2D eigenvalue weighted by atomic mass is 32.1. The van der Waals surface area contributed by atoms with E-state index in [9.17, 15) is 4.79 Å². The molecule has 8 heteroatoms. The van der Waals surface area contributed by atoms with Crippen molar-refractivity contribution in [2.24, 2.45) is 0 Å². The number of hydrogen-bond acceptors (Lipinski definition) is 8. The largest absolute Gasteiger partial charge is 0.462 e. The molecular weight excluding hydrogens is 354 g/mol. The van der Waals surface area contributed by atoms with Crippen LogP contribution in [0.15, 0.2) is 24.5 Å². The summed E-state index contributed by atoms with van der Waals surface area (Å²) in [5.74, 6) is 1.87. The number of thiophene rings is 1. The zero-order chi connectivity index (χ0) is 18.1. The van der Waals surface area contributed by atoms with E-state index in [1.54, 1.807) is 6.92 Å². The van der Waals surface area contributed by atoms with Gasteiger partial charge in [-0.05, 0) is 37.1 Å². The van der Waals surface area contributed by atoms with Gasteiger partial charge in [0.2, 0.25) is 6.79 Å². The van der Waals surface area contributed by atoms with Crippen LogP contribution in [0.2, 0.25) is 0 Å². The number of ether oxygens (including phenoxy) is 3. The number of esters is 1. The summed E-state index contributed by atoms with van der Waals surface area (Å²) in [6, 6.07) is 5.81. The van der Waals surface area contributed by atoms with E-state index in [1.807, 2.05) is 25.1 Å². The number of carbonyl (C=O) groups excluding carboxylic acids is 1. The molecule has 0 saturated carbocycles. The van der Waals surface area contributed by atoms with E-state index in [-0.39, 0.29) is 12.8 Å². The standard InChI is InChI=1S/C18H17N3O4S/c1-3-23-18(22)15-10(2)14-16(20-8-21-17(14)26-15)19-7-11-4-5-12-13(6-11)25-9-24-12/h4-6,8H,3,7,9H2,1-2H3,(H,19,20,21). The van der Waals surface area contributed by atoms with E-state index in [2.05, 4.69) is 15.3 Å². The van der Waals surface area contributed by atoms with Gasteiger partial charge in [0.05, 0.1) is 12.0 Å². The lowest BCUT2D eigenvalue weighted by atomic mass is 10.2. The average Bonchev–Trinajstić information content (AvgIpc) is 3.24. The van der Waals surface area contributed by atoms with Gasteiger partial charge in [-0.3, -0.25) is 0 Å². The number of anilines is 1. The summed E-state index contributed by atoms with van der Waals surface area (Å²) in [6.07, 6.45) is 1.50. The number of nitrogens with one attached hydrogen (secondary N) is 1. The number of hydrogen-bond donors (Lipinski definition) is 1. The smallest absolute Gasteiger partial charge is 0.348 e. The molecule has 0 aliphatic carbocycles. The van der Waals surface area contributed by atoms with Gasteiger partial charge in [0.1, 0.15) is 21.9 Å². The normalized spacial score (nSPS) is 12.4. The van der Waals surface area contributed by atoms with Crippen LogP contribution >= 0.6 is 11.3 Å². The van der Waals surface area contributed by atoms with Crippen molar-refractivity contribution in [3.05, 3.63) is 40.5 Å². The van der Waals surface area contributed by atoms with Crippen molar-refractivity contribution in [1.29, 1.82) is 0 Å². The number of aryl methyl sites for hydroxylation is 1. The molecule has 0 atom stereocenters. The van der Waals surface area contributed by atoms with Crippen LogP contribution in [-0.2, 0) is 11.3 Å². The molecule has 0 saturated heterocycles. The van der Waals surface area contributed by atoms with Crippen LogP contribution < -0.4 is 14.8 Å². The summed E-state index contributed by atoms with van der Waals surface area (Å²) < 4.78 is 15.9. The minimum absolute atomic E-state index is 0.253. The second-order valence-corrected chi connectivity index (χ2v) is 6.72. The van der Waals surface area contributed by atoms with Gasteiger partial charge >= 0.3 is 5.97 Å². The van der Waals surface area contributed by atoms with Crippen LogP contribution in [0.1, 0.15) is 27.7 Å². The molecule has 1 N–H and O–H groups in total. The molecule has 0 radical (unpaired) electrons. The Bertz CT molecular complexity index is 986. The molecule has 1 aliphatic heterocycles. The number of fused-ring (bicyclic) bond motifs is 2. The number of nitrogens with zero attached hydrogens (tertiary/aromatic N) is 2. The van der Waals surface area contributed by atoms with Gasteiger partial charge in [-0.1, -0.05) is 6.07 Å². The fourth-order valence-corrected chi connectivity index (χ4v) is 3.88. The van der Waals surface area contributed by atoms with Crippen molar-refractivity contribution in [1.82, 2.24) is 9.97 Å². The molecule has 0 fully saturated rings. The number of benzene rings is 1. The van der Waals surface area contributed by atoms with E-state index in [0.717, 1.165) is 32.8 Å². The van der Waals surface area contributed by atoms with E-state index >= 15 is 0 Å². The third-order valence-corrected chi connectivity index (χ3v) is 5.26. The minimum atomic E-state index is -0.324. The first-order chi connectivity index (χ1) is 12.7. The molecule has 0 bridgehead atoms. The van der Waals surface area contributed by atoms with Crippen LogP contribution in [-0.4, -0.2) is 29.3 Å². The molecule has 1 aliphatic rings. The van der Waals surface area contributed by atoms with Crippen molar-refractivity contribution in [3.63, 3.8) is 0 Å². The van der Waals surface area contributed by atoms with Gasteiger partial charge in [-0.2, -0.15) is 0 Å². The molecule has 0 amide bonds. The predicted molar refractivity (Wildman–Crippen MR) is 98.0 cm³/mol. The highest BCUT2D eigenvalue weighted by molar-refractivity contribution is 7.20. The lowest BCUT2D eigenvalue weighted by Gasteiger charge is -2.08. The number of aromatic nitrogens is 2. The molecule has 26 heavy (non-hydrogen) atoms. The maximum Gasteiger partial charge on any atom is 0.348 e. The summed E-state index contributed by atoms with van der Waals surface area (Å²) >= 11 is 1.32. The Morgan fingerprint density at radius 1 is 1.31 bits per heavy atom. The predicted octanol–water partition coefficient (Wildman–Crippen LogP) is 3.52. The minimum Gasteiger partial charge on any atom is -0.462 e. The van der Waals surface area contributed by atoms with E-state index in [4.69, 9.17) is 14.2 Å². The SMILES string of the molecule is CCOC(=O)c1sc2ncnc(NCc3ccc4c(c3)OCO4)c2c1C. The fourth-order valence-electron chi connectivity index (χ4n) is 2.83.